The number of esters is 2. The van der Waals surface area contributed by atoms with Gasteiger partial charge in [-0.25, -0.2) is 4.57 Å². The van der Waals surface area contributed by atoms with Crippen LogP contribution in [0.1, 0.15) is 232 Å². The maximum atomic E-state index is 12.9. The fraction of sp³-hybridized carbons (Fsp3) is 0.595. The number of ether oxygens (including phenoxy) is 2. The molecule has 0 rings (SSSR count). The van der Waals surface area contributed by atoms with Crippen LogP contribution in [0.25, 0.3) is 0 Å². The molecule has 474 valence electrons. The van der Waals surface area contributed by atoms with Crippen molar-refractivity contribution in [3.05, 3.63) is 170 Å². The highest BCUT2D eigenvalue weighted by molar-refractivity contribution is 7.47. The predicted octanol–water partition coefficient (Wildman–Crippen LogP) is 21.4. The Bertz CT molecular complexity index is 2020. The number of likely N-dealkylation sites (N-methyl/N-ethyl adjacent to an activating group) is 1. The number of hydrogen-bond donors (Lipinski definition) is 1. The molecule has 0 radical (unpaired) electrons. The molecule has 0 aromatic rings. The molecule has 0 bridgehead atoms. The first-order valence-electron chi connectivity index (χ1n) is 32.9. The van der Waals surface area contributed by atoms with E-state index in [2.05, 4.69) is 184 Å². The first-order valence-corrected chi connectivity index (χ1v) is 34.4. The average Bonchev–Trinajstić information content (AvgIpc) is 3.61. The van der Waals surface area contributed by atoms with Crippen LogP contribution in [0, 0.1) is 0 Å². The minimum atomic E-state index is -4.41. The Morgan fingerprint density at radius 3 is 0.952 bits per heavy atom. The molecule has 0 aliphatic carbocycles. The van der Waals surface area contributed by atoms with Gasteiger partial charge >= 0.3 is 19.8 Å². The number of hydrogen-bond acceptors (Lipinski definition) is 7. The van der Waals surface area contributed by atoms with Gasteiger partial charge in [-0.05, 0) is 128 Å². The number of carbonyl (C=O) groups is 2. The molecule has 84 heavy (non-hydrogen) atoms. The van der Waals surface area contributed by atoms with Gasteiger partial charge in [-0.2, -0.15) is 0 Å². The van der Waals surface area contributed by atoms with E-state index in [-0.39, 0.29) is 32.0 Å². The highest BCUT2D eigenvalue weighted by Gasteiger charge is 2.27. The molecule has 0 aliphatic heterocycles. The largest absolute Gasteiger partial charge is 0.472 e. The van der Waals surface area contributed by atoms with Crippen molar-refractivity contribution >= 4 is 19.8 Å². The van der Waals surface area contributed by atoms with Gasteiger partial charge in [0.2, 0.25) is 0 Å². The monoisotopic (exact) mass is 1180 g/mol. The topological polar surface area (TPSA) is 108 Å². The molecule has 0 saturated carbocycles. The van der Waals surface area contributed by atoms with Gasteiger partial charge in [0.05, 0.1) is 27.7 Å². The molecule has 9 nitrogen and oxygen atoms in total. The number of unbranched alkanes of at least 4 members (excludes halogenated alkanes) is 16. The standard InChI is InChI=1S/C74H120NO8P/c1-6-8-10-12-14-16-18-20-22-24-26-28-30-32-33-34-35-36-37-38-39-40-41-43-45-47-49-51-53-55-57-59-61-63-65-67-74(77)83-72(71-82-84(78,79)81-69-68-75(3,4)5)70-80-73(76)66-64-62-60-58-56-54-52-50-48-46-44-42-31-29-27-25-23-21-19-17-15-13-11-9-7-2/h8-11,14-17,20-23,26-29,32-33,35-36,38-39,41-44,47,49,72H,6-7,12-13,18-19,24-25,30-31,34,37,40,45-46,48,50-71H2,1-5H3/p+1/b10-8-,11-9-,16-14-,17-15-,22-20-,23-21-,28-26-,29-27-,33-32-,36-35-,39-38-,43-41-,44-42-,49-47-. The van der Waals surface area contributed by atoms with Crippen molar-refractivity contribution in [3.8, 4) is 0 Å². The number of nitrogens with zero attached hydrogens (tertiary/aromatic N) is 1. The molecule has 0 aromatic carbocycles. The third-order valence-corrected chi connectivity index (χ3v) is 14.2. The summed E-state index contributed by atoms with van der Waals surface area (Å²) in [6.45, 7) is 4.17. The summed E-state index contributed by atoms with van der Waals surface area (Å²) in [5, 5.41) is 0. The molecule has 0 aliphatic rings. The molecule has 0 aromatic heterocycles. The van der Waals surface area contributed by atoms with Crippen LogP contribution in [0.4, 0.5) is 0 Å². The molecule has 1 N–H and O–H groups in total. The number of quaternary nitrogens is 1. The summed E-state index contributed by atoms with van der Waals surface area (Å²) in [6, 6.07) is 0. The molecule has 0 saturated heterocycles. The van der Waals surface area contributed by atoms with Crippen LogP contribution in [0.5, 0.6) is 0 Å². The minimum absolute atomic E-state index is 0.0187. The second-order valence-corrected chi connectivity index (χ2v) is 23.8. The van der Waals surface area contributed by atoms with E-state index >= 15 is 0 Å². The van der Waals surface area contributed by atoms with Crippen molar-refractivity contribution in [1.82, 2.24) is 0 Å². The van der Waals surface area contributed by atoms with Crippen molar-refractivity contribution < 1.29 is 42.1 Å². The van der Waals surface area contributed by atoms with E-state index in [1.807, 2.05) is 21.1 Å². The van der Waals surface area contributed by atoms with Crippen LogP contribution >= 0.6 is 7.82 Å². The molecule has 0 spiro atoms. The molecular weight excluding hydrogens is 1060 g/mol. The lowest BCUT2D eigenvalue weighted by molar-refractivity contribution is -0.870. The Morgan fingerprint density at radius 1 is 0.369 bits per heavy atom. The van der Waals surface area contributed by atoms with Gasteiger partial charge in [0.25, 0.3) is 0 Å². The van der Waals surface area contributed by atoms with Gasteiger partial charge in [-0.15, -0.1) is 0 Å². The Morgan fingerprint density at radius 2 is 0.643 bits per heavy atom. The number of allylic oxidation sites excluding steroid dienone is 28. The third-order valence-electron chi connectivity index (χ3n) is 13.2. The van der Waals surface area contributed by atoms with Crippen LogP contribution < -0.4 is 0 Å². The van der Waals surface area contributed by atoms with Crippen LogP contribution in [-0.2, 0) is 32.7 Å². The summed E-state index contributed by atoms with van der Waals surface area (Å²) in [5.74, 6) is -0.829. The molecule has 10 heteroatoms. The van der Waals surface area contributed by atoms with E-state index in [1.54, 1.807) is 0 Å². The van der Waals surface area contributed by atoms with Crippen molar-refractivity contribution in [2.24, 2.45) is 0 Å². The Kier molecular flexibility index (Phi) is 59.4. The van der Waals surface area contributed by atoms with Crippen LogP contribution in [0.2, 0.25) is 0 Å². The number of carbonyl (C=O) groups excluding carboxylic acids is 2. The summed E-state index contributed by atoms with van der Waals surface area (Å²) in [6.07, 6.45) is 95.7. The van der Waals surface area contributed by atoms with Gasteiger partial charge < -0.3 is 18.9 Å². The van der Waals surface area contributed by atoms with Gasteiger partial charge in [-0.1, -0.05) is 261 Å². The zero-order valence-electron chi connectivity index (χ0n) is 53.8. The quantitative estimate of drug-likeness (QED) is 0.0211. The zero-order valence-corrected chi connectivity index (χ0v) is 54.7. The second-order valence-electron chi connectivity index (χ2n) is 22.4. The van der Waals surface area contributed by atoms with Crippen LogP contribution in [0.15, 0.2) is 170 Å². The highest BCUT2D eigenvalue weighted by atomic mass is 31.2. The summed E-state index contributed by atoms with van der Waals surface area (Å²) in [5.41, 5.74) is 0. The Balaban J connectivity index is 4.20. The van der Waals surface area contributed by atoms with E-state index in [1.165, 1.54) is 51.4 Å². The lowest BCUT2D eigenvalue weighted by Gasteiger charge is -2.24. The Hall–Kier alpha value is -4.63. The lowest BCUT2D eigenvalue weighted by atomic mass is 10.1. The fourth-order valence-electron chi connectivity index (χ4n) is 8.27. The zero-order chi connectivity index (χ0) is 61.2. The molecule has 0 fully saturated rings. The second kappa shape index (κ2) is 62.9. The van der Waals surface area contributed by atoms with E-state index in [0.29, 0.717) is 17.4 Å². The van der Waals surface area contributed by atoms with Crippen molar-refractivity contribution in [2.45, 2.75) is 238 Å². The maximum Gasteiger partial charge on any atom is 0.472 e. The lowest BCUT2D eigenvalue weighted by Crippen LogP contribution is -2.37. The average molecular weight is 1180 g/mol. The molecule has 2 unspecified atom stereocenters. The number of rotatable bonds is 58. The van der Waals surface area contributed by atoms with Crippen LogP contribution in [0.3, 0.4) is 0 Å². The number of phosphoric ester groups is 1. The van der Waals surface area contributed by atoms with E-state index in [9.17, 15) is 19.0 Å². The summed E-state index contributed by atoms with van der Waals surface area (Å²) >= 11 is 0. The van der Waals surface area contributed by atoms with Gasteiger partial charge in [0, 0.05) is 12.8 Å². The predicted molar refractivity (Wildman–Crippen MR) is 362 cm³/mol. The third kappa shape index (κ3) is 66.5. The molecule has 0 heterocycles. The van der Waals surface area contributed by atoms with Gasteiger partial charge in [0.15, 0.2) is 6.10 Å². The molecule has 2 atom stereocenters. The summed E-state index contributed by atoms with van der Waals surface area (Å²) in [7, 11) is 1.44. The smallest absolute Gasteiger partial charge is 0.462 e. The minimum Gasteiger partial charge on any atom is -0.462 e. The van der Waals surface area contributed by atoms with Crippen molar-refractivity contribution in [2.75, 3.05) is 47.5 Å². The van der Waals surface area contributed by atoms with E-state index in [4.69, 9.17) is 18.5 Å². The highest BCUT2D eigenvalue weighted by Crippen LogP contribution is 2.43. The summed E-state index contributed by atoms with van der Waals surface area (Å²) in [4.78, 5) is 35.8. The maximum absolute atomic E-state index is 12.9. The Labute approximate surface area is 515 Å². The van der Waals surface area contributed by atoms with Crippen molar-refractivity contribution in [1.29, 1.82) is 0 Å². The van der Waals surface area contributed by atoms with E-state index < -0.39 is 26.5 Å². The van der Waals surface area contributed by atoms with Gasteiger partial charge in [-0.3, -0.25) is 18.6 Å². The SMILES string of the molecule is CC/C=C\C/C=C\C/C=C\C/C=C\C/C=C\C/C=C\C/C=C\C/C=C\C/C=C\CCCCCCCCCC(=O)OC(COC(=O)CCCCCCCCCCC/C=C\C/C=C\C/C=C\C/C=C\C/C=C\CC)COP(=O)(O)OCC[N+](C)(C)C. The molecule has 0 amide bonds. The molecular formula is C74H121NO8P+. The van der Waals surface area contributed by atoms with Crippen LogP contribution in [-0.4, -0.2) is 74.9 Å². The summed E-state index contributed by atoms with van der Waals surface area (Å²) < 4.78 is 34.6. The van der Waals surface area contributed by atoms with Gasteiger partial charge in [0.1, 0.15) is 19.8 Å². The first kappa shape index (κ1) is 79.4. The van der Waals surface area contributed by atoms with E-state index in [0.717, 1.165) is 148 Å². The fourth-order valence-corrected chi connectivity index (χ4v) is 9.01. The number of phosphoric acid groups is 1. The first-order chi connectivity index (χ1) is 41.0. The van der Waals surface area contributed by atoms with Crippen molar-refractivity contribution in [3.63, 3.8) is 0 Å². The normalized spacial score (nSPS) is 14.3.